The number of rotatable bonds is 3. The molecule has 2 aromatic rings. The maximum Gasteiger partial charge on any atom is 0.133 e. The molecule has 0 saturated carbocycles. The van der Waals surface area contributed by atoms with Crippen LogP contribution in [0.1, 0.15) is 12.8 Å². The summed E-state index contributed by atoms with van der Waals surface area (Å²) in [5, 5.41) is 9.41. The molecule has 0 spiro atoms. The number of piperidine rings is 1. The van der Waals surface area contributed by atoms with Crippen LogP contribution in [0.15, 0.2) is 36.5 Å². The van der Waals surface area contributed by atoms with Crippen LogP contribution in [0.3, 0.4) is 0 Å². The SMILES string of the molecule is c1ccc2c(NCC3CCCNC3)nccc2c1. The Hall–Kier alpha value is -1.61. The predicted octanol–water partition coefficient (Wildman–Crippen LogP) is 2.65. The lowest BCUT2D eigenvalue weighted by molar-refractivity contribution is 0.393. The zero-order valence-electron chi connectivity index (χ0n) is 10.5. The topological polar surface area (TPSA) is 37.0 Å². The van der Waals surface area contributed by atoms with Gasteiger partial charge in [0.05, 0.1) is 0 Å². The van der Waals surface area contributed by atoms with E-state index in [0.717, 1.165) is 24.8 Å². The zero-order chi connectivity index (χ0) is 12.2. The number of pyridine rings is 1. The minimum atomic E-state index is 0.722. The second-order valence-corrected chi connectivity index (χ2v) is 4.97. The highest BCUT2D eigenvalue weighted by molar-refractivity contribution is 5.91. The average molecular weight is 241 g/mol. The molecule has 3 rings (SSSR count). The van der Waals surface area contributed by atoms with Gasteiger partial charge in [0.25, 0.3) is 0 Å². The highest BCUT2D eigenvalue weighted by Crippen LogP contribution is 2.21. The van der Waals surface area contributed by atoms with Crippen molar-refractivity contribution in [1.82, 2.24) is 10.3 Å². The van der Waals surface area contributed by atoms with Gasteiger partial charge in [0.15, 0.2) is 0 Å². The van der Waals surface area contributed by atoms with E-state index < -0.39 is 0 Å². The summed E-state index contributed by atoms with van der Waals surface area (Å²) < 4.78 is 0. The van der Waals surface area contributed by atoms with Crippen LogP contribution < -0.4 is 10.6 Å². The Balaban J connectivity index is 1.74. The zero-order valence-corrected chi connectivity index (χ0v) is 10.5. The van der Waals surface area contributed by atoms with Crippen LogP contribution in [0, 0.1) is 5.92 Å². The van der Waals surface area contributed by atoms with Crippen molar-refractivity contribution in [3.63, 3.8) is 0 Å². The number of nitrogens with one attached hydrogen (secondary N) is 2. The van der Waals surface area contributed by atoms with Crippen molar-refractivity contribution < 1.29 is 0 Å². The number of anilines is 1. The van der Waals surface area contributed by atoms with Crippen LogP contribution in [0.4, 0.5) is 5.82 Å². The fourth-order valence-corrected chi connectivity index (χ4v) is 2.60. The summed E-state index contributed by atoms with van der Waals surface area (Å²) in [4.78, 5) is 4.46. The first-order chi connectivity index (χ1) is 8.93. The molecule has 0 amide bonds. The van der Waals surface area contributed by atoms with Gasteiger partial charge in [-0.3, -0.25) is 0 Å². The Morgan fingerprint density at radius 3 is 3.11 bits per heavy atom. The largest absolute Gasteiger partial charge is 0.369 e. The molecule has 1 fully saturated rings. The van der Waals surface area contributed by atoms with Gasteiger partial charge in [-0.15, -0.1) is 0 Å². The summed E-state index contributed by atoms with van der Waals surface area (Å²) in [6.45, 7) is 3.30. The summed E-state index contributed by atoms with van der Waals surface area (Å²) >= 11 is 0. The molecule has 2 N–H and O–H groups in total. The molecule has 0 aliphatic carbocycles. The second kappa shape index (κ2) is 5.36. The van der Waals surface area contributed by atoms with Gasteiger partial charge in [0, 0.05) is 18.1 Å². The molecule has 3 heteroatoms. The van der Waals surface area contributed by atoms with Crippen molar-refractivity contribution in [1.29, 1.82) is 0 Å². The van der Waals surface area contributed by atoms with Gasteiger partial charge in [0.2, 0.25) is 0 Å². The highest BCUT2D eigenvalue weighted by atomic mass is 15.0. The molecule has 1 saturated heterocycles. The highest BCUT2D eigenvalue weighted by Gasteiger charge is 2.13. The van der Waals surface area contributed by atoms with Crippen molar-refractivity contribution in [2.45, 2.75) is 12.8 Å². The molecule has 1 aliphatic heterocycles. The van der Waals surface area contributed by atoms with Crippen molar-refractivity contribution in [3.8, 4) is 0 Å². The number of aromatic nitrogens is 1. The van der Waals surface area contributed by atoms with Crippen LogP contribution in [-0.4, -0.2) is 24.6 Å². The first kappa shape index (κ1) is 11.5. The minimum absolute atomic E-state index is 0.722. The lowest BCUT2D eigenvalue weighted by Crippen LogP contribution is -2.33. The molecule has 0 radical (unpaired) electrons. The smallest absolute Gasteiger partial charge is 0.133 e. The van der Waals surface area contributed by atoms with Crippen LogP contribution >= 0.6 is 0 Å². The van der Waals surface area contributed by atoms with E-state index in [0.29, 0.717) is 0 Å². The number of fused-ring (bicyclic) bond motifs is 1. The van der Waals surface area contributed by atoms with Gasteiger partial charge in [-0.1, -0.05) is 24.3 Å². The van der Waals surface area contributed by atoms with E-state index in [1.165, 1.54) is 30.2 Å². The van der Waals surface area contributed by atoms with Gasteiger partial charge in [0.1, 0.15) is 5.82 Å². The third-order valence-electron chi connectivity index (χ3n) is 3.63. The van der Waals surface area contributed by atoms with Gasteiger partial charge >= 0.3 is 0 Å². The maximum absolute atomic E-state index is 4.46. The van der Waals surface area contributed by atoms with Gasteiger partial charge < -0.3 is 10.6 Å². The number of nitrogens with zero attached hydrogens (tertiary/aromatic N) is 1. The van der Waals surface area contributed by atoms with Crippen LogP contribution in [0.2, 0.25) is 0 Å². The normalized spacial score (nSPS) is 19.9. The summed E-state index contributed by atoms with van der Waals surface area (Å²) in [6, 6.07) is 10.4. The fourth-order valence-electron chi connectivity index (χ4n) is 2.60. The van der Waals surface area contributed by atoms with E-state index in [9.17, 15) is 0 Å². The van der Waals surface area contributed by atoms with Crippen molar-refractivity contribution in [2.75, 3.05) is 25.0 Å². The summed E-state index contributed by atoms with van der Waals surface area (Å²) in [7, 11) is 0. The van der Waals surface area contributed by atoms with E-state index in [-0.39, 0.29) is 0 Å². The predicted molar refractivity (Wildman–Crippen MR) is 75.8 cm³/mol. The Morgan fingerprint density at radius 1 is 1.28 bits per heavy atom. The molecule has 0 bridgehead atoms. The molecule has 1 unspecified atom stereocenters. The van der Waals surface area contributed by atoms with E-state index in [1.54, 1.807) is 0 Å². The average Bonchev–Trinajstić information content (AvgIpc) is 2.46. The quantitative estimate of drug-likeness (QED) is 0.867. The van der Waals surface area contributed by atoms with Crippen LogP contribution in [0.25, 0.3) is 10.8 Å². The molecule has 18 heavy (non-hydrogen) atoms. The third kappa shape index (κ3) is 2.46. The molecular formula is C15H19N3. The molecule has 1 atom stereocenters. The van der Waals surface area contributed by atoms with Gasteiger partial charge in [-0.2, -0.15) is 0 Å². The first-order valence-corrected chi connectivity index (χ1v) is 6.72. The maximum atomic E-state index is 4.46. The Bertz CT molecular complexity index is 513. The Labute approximate surface area is 108 Å². The third-order valence-corrected chi connectivity index (χ3v) is 3.63. The van der Waals surface area contributed by atoms with Crippen molar-refractivity contribution in [2.24, 2.45) is 5.92 Å². The standard InChI is InChI=1S/C15H19N3/c1-2-6-14-13(5-1)7-9-17-15(14)18-11-12-4-3-8-16-10-12/h1-2,5-7,9,12,16H,3-4,8,10-11H2,(H,17,18). The van der Waals surface area contributed by atoms with E-state index in [2.05, 4.69) is 45.9 Å². The summed E-state index contributed by atoms with van der Waals surface area (Å²) in [6.07, 6.45) is 4.48. The van der Waals surface area contributed by atoms with Crippen molar-refractivity contribution >= 4 is 16.6 Å². The monoisotopic (exact) mass is 241 g/mol. The Kier molecular flexibility index (Phi) is 3.42. The molecule has 1 aliphatic rings. The molecule has 2 heterocycles. The molecule has 94 valence electrons. The van der Waals surface area contributed by atoms with E-state index >= 15 is 0 Å². The number of hydrogen-bond donors (Lipinski definition) is 2. The summed E-state index contributed by atoms with van der Waals surface area (Å²) in [5.41, 5.74) is 0. The fraction of sp³-hybridized carbons (Fsp3) is 0.400. The van der Waals surface area contributed by atoms with Crippen molar-refractivity contribution in [3.05, 3.63) is 36.5 Å². The van der Waals surface area contributed by atoms with Crippen LogP contribution in [-0.2, 0) is 0 Å². The molecule has 1 aromatic carbocycles. The van der Waals surface area contributed by atoms with Gasteiger partial charge in [-0.25, -0.2) is 4.98 Å². The van der Waals surface area contributed by atoms with E-state index in [1.807, 2.05) is 6.20 Å². The molecular weight excluding hydrogens is 222 g/mol. The second-order valence-electron chi connectivity index (χ2n) is 4.97. The minimum Gasteiger partial charge on any atom is -0.369 e. The lowest BCUT2D eigenvalue weighted by atomic mass is 10.00. The lowest BCUT2D eigenvalue weighted by Gasteiger charge is -2.23. The Morgan fingerprint density at radius 2 is 2.22 bits per heavy atom. The number of hydrogen-bond acceptors (Lipinski definition) is 3. The van der Waals surface area contributed by atoms with E-state index in [4.69, 9.17) is 0 Å². The van der Waals surface area contributed by atoms with Gasteiger partial charge in [-0.05, 0) is 43.3 Å². The molecule has 3 nitrogen and oxygen atoms in total. The number of benzene rings is 1. The molecule has 1 aromatic heterocycles. The summed E-state index contributed by atoms with van der Waals surface area (Å²) in [5.74, 6) is 1.73. The first-order valence-electron chi connectivity index (χ1n) is 6.72. The van der Waals surface area contributed by atoms with Crippen LogP contribution in [0.5, 0.6) is 0 Å².